The van der Waals surface area contributed by atoms with Crippen molar-refractivity contribution < 1.29 is 19.4 Å². The molecule has 7 nitrogen and oxygen atoms in total. The Hall–Kier alpha value is -2.54. The first-order valence-corrected chi connectivity index (χ1v) is 8.47. The highest BCUT2D eigenvalue weighted by Gasteiger charge is 2.30. The van der Waals surface area contributed by atoms with Crippen LogP contribution in [0.15, 0.2) is 30.6 Å². The van der Waals surface area contributed by atoms with Crippen LogP contribution in [0, 0.1) is 5.92 Å². The number of likely N-dealkylation sites (tertiary alicyclic amines) is 1. The third-order valence-electron chi connectivity index (χ3n) is 5.02. The molecule has 132 valence electrons. The number of benzene rings is 1. The van der Waals surface area contributed by atoms with Gasteiger partial charge >= 0.3 is 0 Å². The molecule has 2 aliphatic heterocycles. The van der Waals surface area contributed by atoms with Crippen molar-refractivity contribution in [1.29, 1.82) is 0 Å². The predicted octanol–water partition coefficient (Wildman–Crippen LogP) is 1.73. The number of aliphatic hydroxyl groups excluding tert-OH is 1. The molecular weight excluding hydrogens is 322 g/mol. The minimum absolute atomic E-state index is 0.0109. The fraction of sp³-hybridized carbons (Fsp3) is 0.444. The van der Waals surface area contributed by atoms with E-state index in [4.69, 9.17) is 9.47 Å². The molecule has 1 amide bonds. The van der Waals surface area contributed by atoms with Gasteiger partial charge in [0.1, 0.15) is 11.9 Å². The van der Waals surface area contributed by atoms with Crippen molar-refractivity contribution in [3.63, 3.8) is 0 Å². The van der Waals surface area contributed by atoms with Gasteiger partial charge in [-0.1, -0.05) is 0 Å². The number of carbonyl (C=O) groups is 1. The number of hydrogen-bond donors (Lipinski definition) is 1. The first-order valence-electron chi connectivity index (χ1n) is 8.47. The van der Waals surface area contributed by atoms with Crippen LogP contribution in [-0.2, 0) is 7.05 Å². The van der Waals surface area contributed by atoms with Crippen molar-refractivity contribution >= 4 is 5.91 Å². The Balaban J connectivity index is 1.40. The summed E-state index contributed by atoms with van der Waals surface area (Å²) >= 11 is 0. The number of rotatable bonds is 3. The van der Waals surface area contributed by atoms with Crippen LogP contribution in [0.25, 0.3) is 0 Å². The highest BCUT2D eigenvalue weighted by Crippen LogP contribution is 2.34. The van der Waals surface area contributed by atoms with Crippen molar-refractivity contribution in [2.75, 3.05) is 19.9 Å². The molecule has 7 heteroatoms. The third kappa shape index (κ3) is 2.95. The lowest BCUT2D eigenvalue weighted by Gasteiger charge is -2.34. The topological polar surface area (TPSA) is 76.8 Å². The second kappa shape index (κ2) is 6.40. The number of imidazole rings is 1. The number of carbonyl (C=O) groups excluding carboxylic acids is 1. The van der Waals surface area contributed by atoms with Crippen LogP contribution in [0.1, 0.15) is 35.1 Å². The Morgan fingerprint density at radius 1 is 1.28 bits per heavy atom. The molecule has 1 fully saturated rings. The van der Waals surface area contributed by atoms with Gasteiger partial charge in [-0.05, 0) is 37.0 Å². The van der Waals surface area contributed by atoms with E-state index in [1.165, 1.54) is 0 Å². The maximum atomic E-state index is 12.7. The molecule has 0 spiro atoms. The number of fused-ring (bicyclic) bond motifs is 1. The van der Waals surface area contributed by atoms with E-state index in [0.29, 0.717) is 36.0 Å². The van der Waals surface area contributed by atoms with Crippen LogP contribution < -0.4 is 9.47 Å². The van der Waals surface area contributed by atoms with Crippen LogP contribution in [0.4, 0.5) is 0 Å². The highest BCUT2D eigenvalue weighted by molar-refractivity contribution is 5.95. The fourth-order valence-corrected chi connectivity index (χ4v) is 3.50. The average Bonchev–Trinajstić information content (AvgIpc) is 3.28. The summed E-state index contributed by atoms with van der Waals surface area (Å²) in [5, 5.41) is 10.5. The van der Waals surface area contributed by atoms with E-state index in [1.54, 1.807) is 24.4 Å². The van der Waals surface area contributed by atoms with E-state index in [-0.39, 0.29) is 18.6 Å². The normalized spacial score (nSPS) is 18.4. The van der Waals surface area contributed by atoms with Crippen LogP contribution in [0.5, 0.6) is 11.5 Å². The van der Waals surface area contributed by atoms with Crippen LogP contribution in [-0.4, -0.2) is 45.3 Å². The predicted molar refractivity (Wildman–Crippen MR) is 89.4 cm³/mol. The van der Waals surface area contributed by atoms with Gasteiger partial charge in [-0.2, -0.15) is 0 Å². The summed E-state index contributed by atoms with van der Waals surface area (Å²) in [6.45, 7) is 1.45. The molecule has 0 bridgehead atoms. The van der Waals surface area contributed by atoms with Crippen LogP contribution >= 0.6 is 0 Å². The van der Waals surface area contributed by atoms with Crippen molar-refractivity contribution in [2.45, 2.75) is 18.9 Å². The van der Waals surface area contributed by atoms with E-state index in [9.17, 15) is 9.90 Å². The molecular formula is C18H21N3O4. The van der Waals surface area contributed by atoms with E-state index in [0.717, 1.165) is 12.8 Å². The largest absolute Gasteiger partial charge is 0.454 e. The quantitative estimate of drug-likeness (QED) is 0.918. The molecule has 1 aromatic heterocycles. The Kier molecular flexibility index (Phi) is 4.09. The molecule has 1 atom stereocenters. The van der Waals surface area contributed by atoms with Gasteiger partial charge in [0.25, 0.3) is 5.91 Å². The molecule has 2 aliphatic rings. The standard InChI is InChI=1S/C18H21N3O4/c1-20-9-6-19-17(20)16(22)12-4-7-21(8-5-12)18(23)13-2-3-14-15(10-13)25-11-24-14/h2-3,6,9-10,12,16,22H,4-5,7-8,11H2,1H3/t16-/m1/s1. The van der Waals surface area contributed by atoms with E-state index in [2.05, 4.69) is 4.98 Å². The maximum Gasteiger partial charge on any atom is 0.253 e. The zero-order chi connectivity index (χ0) is 17.4. The van der Waals surface area contributed by atoms with Gasteiger partial charge in [0.2, 0.25) is 6.79 Å². The van der Waals surface area contributed by atoms with Gasteiger partial charge < -0.3 is 24.0 Å². The average molecular weight is 343 g/mol. The number of amides is 1. The fourth-order valence-electron chi connectivity index (χ4n) is 3.50. The Morgan fingerprint density at radius 3 is 2.76 bits per heavy atom. The molecule has 0 saturated carbocycles. The van der Waals surface area contributed by atoms with Crippen LogP contribution in [0.3, 0.4) is 0 Å². The Morgan fingerprint density at radius 2 is 2.04 bits per heavy atom. The number of piperidine rings is 1. The molecule has 1 N–H and O–H groups in total. The first kappa shape index (κ1) is 16.0. The summed E-state index contributed by atoms with van der Waals surface area (Å²) in [5.41, 5.74) is 0.604. The van der Waals surface area contributed by atoms with Gasteiger partial charge in [0.05, 0.1) is 0 Å². The van der Waals surface area contributed by atoms with Crippen molar-refractivity contribution in [3.8, 4) is 11.5 Å². The lowest BCUT2D eigenvalue weighted by molar-refractivity contribution is 0.0420. The molecule has 0 unspecified atom stereocenters. The van der Waals surface area contributed by atoms with Crippen molar-refractivity contribution in [2.24, 2.45) is 13.0 Å². The number of aromatic nitrogens is 2. The van der Waals surface area contributed by atoms with E-state index >= 15 is 0 Å². The SMILES string of the molecule is Cn1ccnc1[C@H](O)C1CCN(C(=O)c2ccc3c(c2)OCO3)CC1. The number of nitrogens with zero attached hydrogens (tertiary/aromatic N) is 3. The van der Waals surface area contributed by atoms with Crippen LogP contribution in [0.2, 0.25) is 0 Å². The molecule has 25 heavy (non-hydrogen) atoms. The second-order valence-corrected chi connectivity index (χ2v) is 6.54. The summed E-state index contributed by atoms with van der Waals surface area (Å²) in [7, 11) is 1.88. The Labute approximate surface area is 145 Å². The lowest BCUT2D eigenvalue weighted by atomic mass is 9.90. The number of aryl methyl sites for hydroxylation is 1. The van der Waals surface area contributed by atoms with E-state index in [1.807, 2.05) is 22.7 Å². The zero-order valence-corrected chi connectivity index (χ0v) is 14.1. The zero-order valence-electron chi connectivity index (χ0n) is 14.1. The minimum Gasteiger partial charge on any atom is -0.454 e. The maximum absolute atomic E-state index is 12.7. The summed E-state index contributed by atoms with van der Waals surface area (Å²) in [6, 6.07) is 5.28. The van der Waals surface area contributed by atoms with E-state index < -0.39 is 6.10 Å². The monoisotopic (exact) mass is 343 g/mol. The molecule has 1 aromatic carbocycles. The number of aliphatic hydroxyl groups is 1. The summed E-state index contributed by atoms with van der Waals surface area (Å²) in [4.78, 5) is 18.8. The van der Waals surface area contributed by atoms with Gasteiger partial charge in [0.15, 0.2) is 11.5 Å². The lowest BCUT2D eigenvalue weighted by Crippen LogP contribution is -2.40. The van der Waals surface area contributed by atoms with Crippen molar-refractivity contribution in [3.05, 3.63) is 42.0 Å². The number of ether oxygens (including phenoxy) is 2. The smallest absolute Gasteiger partial charge is 0.253 e. The molecule has 2 aromatic rings. The van der Waals surface area contributed by atoms with Gasteiger partial charge in [0, 0.05) is 38.1 Å². The summed E-state index contributed by atoms with van der Waals surface area (Å²) in [5.74, 6) is 2.07. The molecule has 0 radical (unpaired) electrons. The molecule has 3 heterocycles. The summed E-state index contributed by atoms with van der Waals surface area (Å²) in [6.07, 6.45) is 4.44. The Bertz CT molecular complexity index is 780. The molecule has 4 rings (SSSR count). The third-order valence-corrected chi connectivity index (χ3v) is 5.02. The van der Waals surface area contributed by atoms with Crippen molar-refractivity contribution in [1.82, 2.24) is 14.5 Å². The van der Waals surface area contributed by atoms with Gasteiger partial charge in [-0.25, -0.2) is 4.98 Å². The first-order chi connectivity index (χ1) is 12.1. The molecule has 0 aliphatic carbocycles. The summed E-state index contributed by atoms with van der Waals surface area (Å²) < 4.78 is 12.5. The molecule has 1 saturated heterocycles. The van der Waals surface area contributed by atoms with Gasteiger partial charge in [-0.15, -0.1) is 0 Å². The van der Waals surface area contributed by atoms with Gasteiger partial charge in [-0.3, -0.25) is 4.79 Å². The minimum atomic E-state index is -0.595. The highest BCUT2D eigenvalue weighted by atomic mass is 16.7. The second-order valence-electron chi connectivity index (χ2n) is 6.54. The number of hydrogen-bond acceptors (Lipinski definition) is 5.